The summed E-state index contributed by atoms with van der Waals surface area (Å²) in [6, 6.07) is 0.737. The van der Waals surface area contributed by atoms with Gasteiger partial charge in [-0.15, -0.1) is 0 Å². The highest BCUT2D eigenvalue weighted by molar-refractivity contribution is 4.90. The molecule has 1 atom stereocenters. The Morgan fingerprint density at radius 1 is 1.31 bits per heavy atom. The number of hydrogen-bond donors (Lipinski definition) is 1. The molecule has 0 aliphatic heterocycles. The summed E-state index contributed by atoms with van der Waals surface area (Å²) >= 11 is 0. The molecule has 0 bridgehead atoms. The lowest BCUT2D eigenvalue weighted by Crippen LogP contribution is -2.48. The molecule has 78 valence electrons. The first-order chi connectivity index (χ1) is 6.05. The number of rotatable bonds is 4. The first-order valence-corrected chi connectivity index (χ1v) is 5.79. The van der Waals surface area contributed by atoms with Gasteiger partial charge in [0, 0.05) is 6.04 Å². The molecule has 13 heavy (non-hydrogen) atoms. The quantitative estimate of drug-likeness (QED) is 0.706. The van der Waals surface area contributed by atoms with E-state index >= 15 is 0 Å². The Kier molecular flexibility index (Phi) is 3.78. The van der Waals surface area contributed by atoms with E-state index in [1.807, 2.05) is 0 Å². The predicted molar refractivity (Wildman–Crippen MR) is 58.9 cm³/mol. The van der Waals surface area contributed by atoms with Crippen molar-refractivity contribution in [3.63, 3.8) is 0 Å². The smallest absolute Gasteiger partial charge is 0.0144 e. The van der Waals surface area contributed by atoms with Crippen LogP contribution >= 0.6 is 0 Å². The molecule has 0 aromatic heterocycles. The average molecular weight is 183 g/mol. The SMILES string of the molecule is CCCNC(C1CCC1)C(C)(C)C. The van der Waals surface area contributed by atoms with Gasteiger partial charge in [-0.1, -0.05) is 34.1 Å². The Labute approximate surface area is 83.3 Å². The summed E-state index contributed by atoms with van der Waals surface area (Å²) in [6.07, 6.45) is 5.58. The molecule has 0 saturated heterocycles. The Morgan fingerprint density at radius 3 is 2.23 bits per heavy atom. The molecule has 0 spiro atoms. The van der Waals surface area contributed by atoms with Crippen LogP contribution in [0.15, 0.2) is 0 Å². The van der Waals surface area contributed by atoms with E-state index in [0.717, 1.165) is 12.0 Å². The molecule has 1 nitrogen and oxygen atoms in total. The van der Waals surface area contributed by atoms with Gasteiger partial charge in [-0.05, 0) is 37.1 Å². The van der Waals surface area contributed by atoms with Crippen molar-refractivity contribution in [2.24, 2.45) is 11.3 Å². The summed E-state index contributed by atoms with van der Waals surface area (Å²) in [4.78, 5) is 0. The van der Waals surface area contributed by atoms with Crippen LogP contribution in [-0.2, 0) is 0 Å². The summed E-state index contributed by atoms with van der Waals surface area (Å²) in [6.45, 7) is 10.5. The van der Waals surface area contributed by atoms with Crippen molar-refractivity contribution in [1.29, 1.82) is 0 Å². The Bertz CT molecular complexity index is 142. The van der Waals surface area contributed by atoms with Crippen LogP contribution in [0.5, 0.6) is 0 Å². The summed E-state index contributed by atoms with van der Waals surface area (Å²) in [7, 11) is 0. The van der Waals surface area contributed by atoms with Crippen LogP contribution in [-0.4, -0.2) is 12.6 Å². The predicted octanol–water partition coefficient (Wildman–Crippen LogP) is 3.20. The lowest BCUT2D eigenvalue weighted by atomic mass is 9.70. The van der Waals surface area contributed by atoms with Crippen molar-refractivity contribution < 1.29 is 0 Å². The van der Waals surface area contributed by atoms with E-state index in [1.165, 1.54) is 32.2 Å². The number of hydrogen-bond acceptors (Lipinski definition) is 1. The second-order valence-electron chi connectivity index (χ2n) is 5.49. The van der Waals surface area contributed by atoms with Gasteiger partial charge in [0.15, 0.2) is 0 Å². The first kappa shape index (κ1) is 11.0. The maximum Gasteiger partial charge on any atom is 0.0144 e. The van der Waals surface area contributed by atoms with E-state index in [2.05, 4.69) is 33.0 Å². The van der Waals surface area contributed by atoms with Gasteiger partial charge in [-0.2, -0.15) is 0 Å². The van der Waals surface area contributed by atoms with Gasteiger partial charge in [0.2, 0.25) is 0 Å². The largest absolute Gasteiger partial charge is 0.313 e. The molecular weight excluding hydrogens is 158 g/mol. The minimum Gasteiger partial charge on any atom is -0.313 e. The van der Waals surface area contributed by atoms with Crippen molar-refractivity contribution in [2.45, 2.75) is 59.4 Å². The van der Waals surface area contributed by atoms with Crippen molar-refractivity contribution >= 4 is 0 Å². The van der Waals surface area contributed by atoms with Crippen LogP contribution in [0.1, 0.15) is 53.4 Å². The summed E-state index contributed by atoms with van der Waals surface area (Å²) in [5.74, 6) is 0.951. The molecule has 0 radical (unpaired) electrons. The maximum atomic E-state index is 3.71. The average Bonchev–Trinajstić information content (AvgIpc) is 1.91. The molecule has 1 fully saturated rings. The molecule has 1 saturated carbocycles. The zero-order chi connectivity index (χ0) is 9.90. The normalized spacial score (nSPS) is 21.2. The summed E-state index contributed by atoms with van der Waals surface area (Å²) in [5, 5.41) is 3.71. The first-order valence-electron chi connectivity index (χ1n) is 5.79. The van der Waals surface area contributed by atoms with E-state index in [-0.39, 0.29) is 0 Å². The van der Waals surface area contributed by atoms with Crippen molar-refractivity contribution in [2.75, 3.05) is 6.54 Å². The van der Waals surface area contributed by atoms with Gasteiger partial charge in [0.1, 0.15) is 0 Å². The van der Waals surface area contributed by atoms with Gasteiger partial charge in [-0.3, -0.25) is 0 Å². The molecule has 1 heteroatoms. The molecule has 1 unspecified atom stereocenters. The fourth-order valence-corrected chi connectivity index (χ4v) is 2.25. The topological polar surface area (TPSA) is 12.0 Å². The molecule has 1 N–H and O–H groups in total. The van der Waals surface area contributed by atoms with E-state index in [0.29, 0.717) is 5.41 Å². The Morgan fingerprint density at radius 2 is 1.92 bits per heavy atom. The molecule has 1 aliphatic rings. The van der Waals surface area contributed by atoms with Crippen molar-refractivity contribution in [3.05, 3.63) is 0 Å². The van der Waals surface area contributed by atoms with Crippen molar-refractivity contribution in [1.82, 2.24) is 5.32 Å². The highest BCUT2D eigenvalue weighted by Gasteiger charge is 2.34. The van der Waals surface area contributed by atoms with E-state index in [4.69, 9.17) is 0 Å². The molecule has 1 rings (SSSR count). The van der Waals surface area contributed by atoms with Gasteiger partial charge in [-0.25, -0.2) is 0 Å². The number of nitrogens with one attached hydrogen (secondary N) is 1. The van der Waals surface area contributed by atoms with Gasteiger partial charge < -0.3 is 5.32 Å². The maximum absolute atomic E-state index is 3.71. The molecule has 0 aromatic carbocycles. The fourth-order valence-electron chi connectivity index (χ4n) is 2.25. The minimum absolute atomic E-state index is 0.431. The second kappa shape index (κ2) is 4.45. The van der Waals surface area contributed by atoms with E-state index < -0.39 is 0 Å². The van der Waals surface area contributed by atoms with Crippen LogP contribution in [0.2, 0.25) is 0 Å². The van der Waals surface area contributed by atoms with Crippen LogP contribution in [0.25, 0.3) is 0 Å². The molecule has 0 aromatic rings. The zero-order valence-electron chi connectivity index (χ0n) is 9.69. The fraction of sp³-hybridized carbons (Fsp3) is 1.00. The Balaban J connectivity index is 2.43. The molecule has 0 amide bonds. The van der Waals surface area contributed by atoms with Crippen LogP contribution in [0.4, 0.5) is 0 Å². The third kappa shape index (κ3) is 2.98. The Hall–Kier alpha value is -0.0400. The third-order valence-corrected chi connectivity index (χ3v) is 3.17. The van der Waals surface area contributed by atoms with Crippen LogP contribution in [0.3, 0.4) is 0 Å². The molecular formula is C12H25N. The highest BCUT2D eigenvalue weighted by atomic mass is 14.9. The van der Waals surface area contributed by atoms with Gasteiger partial charge >= 0.3 is 0 Å². The summed E-state index contributed by atoms with van der Waals surface area (Å²) in [5.41, 5.74) is 0.431. The van der Waals surface area contributed by atoms with Gasteiger partial charge in [0.25, 0.3) is 0 Å². The second-order valence-corrected chi connectivity index (χ2v) is 5.49. The van der Waals surface area contributed by atoms with Crippen molar-refractivity contribution in [3.8, 4) is 0 Å². The van der Waals surface area contributed by atoms with Crippen LogP contribution in [0, 0.1) is 11.3 Å². The molecule has 0 heterocycles. The standard InChI is InChI=1S/C12H25N/c1-5-9-13-11(12(2,3)4)10-7-6-8-10/h10-11,13H,5-9H2,1-4H3. The lowest BCUT2D eigenvalue weighted by molar-refractivity contribution is 0.131. The van der Waals surface area contributed by atoms with Gasteiger partial charge in [0.05, 0.1) is 0 Å². The monoisotopic (exact) mass is 183 g/mol. The zero-order valence-corrected chi connectivity index (χ0v) is 9.69. The third-order valence-electron chi connectivity index (χ3n) is 3.17. The van der Waals surface area contributed by atoms with Crippen LogP contribution < -0.4 is 5.32 Å². The summed E-state index contributed by atoms with van der Waals surface area (Å²) < 4.78 is 0. The van der Waals surface area contributed by atoms with E-state index in [9.17, 15) is 0 Å². The minimum atomic E-state index is 0.431. The lowest BCUT2D eigenvalue weighted by Gasteiger charge is -2.42. The highest BCUT2D eigenvalue weighted by Crippen LogP contribution is 2.37. The molecule has 1 aliphatic carbocycles. The van der Waals surface area contributed by atoms with E-state index in [1.54, 1.807) is 0 Å².